The summed E-state index contributed by atoms with van der Waals surface area (Å²) < 4.78 is 0. The number of thiophene rings is 1. The third-order valence-corrected chi connectivity index (χ3v) is 3.86. The fourth-order valence-corrected chi connectivity index (χ4v) is 2.54. The molecule has 0 aliphatic carbocycles. The van der Waals surface area contributed by atoms with Gasteiger partial charge in [0.2, 0.25) is 0 Å². The van der Waals surface area contributed by atoms with E-state index in [1.807, 2.05) is 37.4 Å². The molecule has 0 atom stereocenters. The molecule has 0 saturated carbocycles. The largest absolute Gasteiger partial charge is 0.272 e. The second-order valence-corrected chi connectivity index (χ2v) is 5.45. The molecule has 1 aromatic heterocycles. The van der Waals surface area contributed by atoms with Crippen molar-refractivity contribution in [3.8, 4) is 0 Å². The quantitative estimate of drug-likeness (QED) is 0.677. The summed E-state index contributed by atoms with van der Waals surface area (Å²) >= 11 is 7.61. The van der Waals surface area contributed by atoms with Crippen LogP contribution in [0.2, 0.25) is 5.02 Å². The maximum Gasteiger partial charge on any atom is 0.272 e. The van der Waals surface area contributed by atoms with Gasteiger partial charge in [-0.25, -0.2) is 5.43 Å². The number of amides is 1. The van der Waals surface area contributed by atoms with E-state index in [1.54, 1.807) is 23.5 Å². The van der Waals surface area contributed by atoms with Crippen LogP contribution in [0.15, 0.2) is 40.8 Å². The van der Waals surface area contributed by atoms with Gasteiger partial charge in [-0.3, -0.25) is 4.79 Å². The van der Waals surface area contributed by atoms with E-state index in [0.29, 0.717) is 10.6 Å². The summed E-state index contributed by atoms with van der Waals surface area (Å²) in [7, 11) is 0. The van der Waals surface area contributed by atoms with Crippen molar-refractivity contribution in [2.75, 3.05) is 0 Å². The van der Waals surface area contributed by atoms with Gasteiger partial charge in [-0.15, -0.1) is 11.3 Å². The molecular weight excluding hydrogens is 280 g/mol. The van der Waals surface area contributed by atoms with E-state index in [-0.39, 0.29) is 5.91 Å². The van der Waals surface area contributed by atoms with Gasteiger partial charge in [0, 0.05) is 4.88 Å². The minimum Gasteiger partial charge on any atom is -0.267 e. The number of halogens is 1. The summed E-state index contributed by atoms with van der Waals surface area (Å²) in [6.45, 7) is 3.77. The Kier molecular flexibility index (Phi) is 4.35. The minimum absolute atomic E-state index is 0.305. The van der Waals surface area contributed by atoms with Gasteiger partial charge < -0.3 is 0 Å². The van der Waals surface area contributed by atoms with Gasteiger partial charge in [0.25, 0.3) is 5.91 Å². The number of carbonyl (C=O) groups is 1. The van der Waals surface area contributed by atoms with Crippen LogP contribution < -0.4 is 5.43 Å². The number of aryl methyl sites for hydroxylation is 1. The highest BCUT2D eigenvalue weighted by Gasteiger charge is 2.09. The van der Waals surface area contributed by atoms with Crippen molar-refractivity contribution in [1.29, 1.82) is 0 Å². The summed E-state index contributed by atoms with van der Waals surface area (Å²) in [5.41, 5.74) is 4.73. The molecule has 0 bridgehead atoms. The zero-order valence-corrected chi connectivity index (χ0v) is 12.2. The maximum atomic E-state index is 12.0. The van der Waals surface area contributed by atoms with Crippen LogP contribution in [0, 0.1) is 6.92 Å². The molecule has 0 saturated heterocycles. The Labute approximate surface area is 120 Å². The van der Waals surface area contributed by atoms with Crippen LogP contribution in [-0.2, 0) is 0 Å². The molecule has 98 valence electrons. The Morgan fingerprint density at radius 2 is 2.16 bits per heavy atom. The predicted molar refractivity (Wildman–Crippen MR) is 80.2 cm³/mol. The second kappa shape index (κ2) is 5.99. The van der Waals surface area contributed by atoms with Crippen molar-refractivity contribution in [1.82, 2.24) is 5.43 Å². The van der Waals surface area contributed by atoms with Crippen molar-refractivity contribution in [3.05, 3.63) is 56.7 Å². The van der Waals surface area contributed by atoms with Crippen LogP contribution in [0.1, 0.15) is 27.7 Å². The molecular formula is C14H13ClN2OS. The lowest BCUT2D eigenvalue weighted by Gasteiger charge is -2.04. The zero-order valence-electron chi connectivity index (χ0n) is 10.6. The zero-order chi connectivity index (χ0) is 13.8. The van der Waals surface area contributed by atoms with Crippen molar-refractivity contribution in [3.63, 3.8) is 0 Å². The molecule has 0 fully saturated rings. The van der Waals surface area contributed by atoms with Crippen molar-refractivity contribution in [2.45, 2.75) is 13.8 Å². The van der Waals surface area contributed by atoms with Crippen LogP contribution in [0.25, 0.3) is 0 Å². The molecule has 1 heterocycles. The van der Waals surface area contributed by atoms with E-state index in [9.17, 15) is 4.79 Å². The number of hydrazone groups is 1. The maximum absolute atomic E-state index is 12.0. The second-order valence-electron chi connectivity index (χ2n) is 4.10. The van der Waals surface area contributed by atoms with E-state index in [2.05, 4.69) is 10.5 Å². The molecule has 0 radical (unpaired) electrons. The SMILES string of the molecule is C/C(=N/NC(=O)c1ccc(C)cc1Cl)c1cccs1. The number of nitrogens with zero attached hydrogens (tertiary/aromatic N) is 1. The molecule has 1 N–H and O–H groups in total. The van der Waals surface area contributed by atoms with E-state index in [4.69, 9.17) is 11.6 Å². The fraction of sp³-hybridized carbons (Fsp3) is 0.143. The predicted octanol–water partition coefficient (Wildman–Crippen LogP) is 3.86. The average Bonchev–Trinajstić information content (AvgIpc) is 2.89. The lowest BCUT2D eigenvalue weighted by molar-refractivity contribution is 0.0955. The summed E-state index contributed by atoms with van der Waals surface area (Å²) in [6, 6.07) is 9.19. The highest BCUT2D eigenvalue weighted by molar-refractivity contribution is 7.12. The first kappa shape index (κ1) is 13.8. The first-order valence-corrected chi connectivity index (χ1v) is 6.98. The smallest absolute Gasteiger partial charge is 0.267 e. The monoisotopic (exact) mass is 292 g/mol. The molecule has 2 aromatic rings. The van der Waals surface area contributed by atoms with E-state index >= 15 is 0 Å². The molecule has 0 aliphatic heterocycles. The molecule has 2 rings (SSSR count). The van der Waals surface area contributed by atoms with Gasteiger partial charge in [0.05, 0.1) is 16.3 Å². The third kappa shape index (κ3) is 3.43. The summed E-state index contributed by atoms with van der Waals surface area (Å²) in [5.74, 6) is -0.305. The highest BCUT2D eigenvalue weighted by atomic mass is 35.5. The number of carbonyl (C=O) groups excluding carboxylic acids is 1. The molecule has 0 spiro atoms. The molecule has 3 nitrogen and oxygen atoms in total. The minimum atomic E-state index is -0.305. The molecule has 1 amide bonds. The summed E-state index contributed by atoms with van der Waals surface area (Å²) in [5, 5.41) is 6.47. The van der Waals surface area contributed by atoms with Crippen LogP contribution in [0.5, 0.6) is 0 Å². The molecule has 0 unspecified atom stereocenters. The lowest BCUT2D eigenvalue weighted by atomic mass is 10.1. The number of benzene rings is 1. The highest BCUT2D eigenvalue weighted by Crippen LogP contribution is 2.17. The Balaban J connectivity index is 2.11. The Bertz CT molecular complexity index is 620. The molecule has 5 heteroatoms. The van der Waals surface area contributed by atoms with Crippen LogP contribution in [0.4, 0.5) is 0 Å². The standard InChI is InChI=1S/C14H13ClN2OS/c1-9-5-6-11(12(15)8-9)14(18)17-16-10(2)13-4-3-7-19-13/h3-8H,1-2H3,(H,17,18)/b16-10-. The molecule has 0 aliphatic rings. The fourth-order valence-electron chi connectivity index (χ4n) is 1.54. The van der Waals surface area contributed by atoms with E-state index in [1.165, 1.54) is 0 Å². The number of hydrogen-bond acceptors (Lipinski definition) is 3. The first-order valence-electron chi connectivity index (χ1n) is 5.72. The van der Waals surface area contributed by atoms with Gasteiger partial charge in [-0.1, -0.05) is 23.7 Å². The molecule has 19 heavy (non-hydrogen) atoms. The topological polar surface area (TPSA) is 41.5 Å². The van der Waals surface area contributed by atoms with Crippen LogP contribution >= 0.6 is 22.9 Å². The van der Waals surface area contributed by atoms with E-state index in [0.717, 1.165) is 16.2 Å². The van der Waals surface area contributed by atoms with Crippen molar-refractivity contribution >= 4 is 34.6 Å². The lowest BCUT2D eigenvalue weighted by Crippen LogP contribution is -2.19. The normalized spacial score (nSPS) is 11.4. The first-order chi connectivity index (χ1) is 9.08. The average molecular weight is 293 g/mol. The Hall–Kier alpha value is -1.65. The van der Waals surface area contributed by atoms with Gasteiger partial charge in [0.1, 0.15) is 0 Å². The number of nitrogens with one attached hydrogen (secondary N) is 1. The van der Waals surface area contributed by atoms with Crippen LogP contribution in [0.3, 0.4) is 0 Å². The van der Waals surface area contributed by atoms with E-state index < -0.39 is 0 Å². The van der Waals surface area contributed by atoms with Crippen molar-refractivity contribution < 1.29 is 4.79 Å². The van der Waals surface area contributed by atoms with Crippen LogP contribution in [-0.4, -0.2) is 11.6 Å². The van der Waals surface area contributed by atoms with Gasteiger partial charge in [0.15, 0.2) is 0 Å². The van der Waals surface area contributed by atoms with Gasteiger partial charge in [-0.05, 0) is 43.0 Å². The Morgan fingerprint density at radius 3 is 2.79 bits per heavy atom. The molecule has 1 aromatic carbocycles. The summed E-state index contributed by atoms with van der Waals surface area (Å²) in [6.07, 6.45) is 0. The Morgan fingerprint density at radius 1 is 1.37 bits per heavy atom. The summed E-state index contributed by atoms with van der Waals surface area (Å²) in [4.78, 5) is 13.0. The van der Waals surface area contributed by atoms with Gasteiger partial charge >= 0.3 is 0 Å². The van der Waals surface area contributed by atoms with Crippen molar-refractivity contribution in [2.24, 2.45) is 5.10 Å². The number of hydrogen-bond donors (Lipinski definition) is 1. The van der Waals surface area contributed by atoms with Gasteiger partial charge in [-0.2, -0.15) is 5.10 Å². The number of rotatable bonds is 3. The third-order valence-electron chi connectivity index (χ3n) is 2.57.